The Morgan fingerprint density at radius 3 is 2.13 bits per heavy atom. The van der Waals surface area contributed by atoms with Crippen LogP contribution in [0.2, 0.25) is 5.02 Å². The van der Waals surface area contributed by atoms with E-state index >= 15 is 0 Å². The number of methoxy groups -OCH3 is 2. The van der Waals surface area contributed by atoms with E-state index in [-0.39, 0.29) is 10.8 Å². The molecule has 0 bridgehead atoms. The van der Waals surface area contributed by atoms with Crippen molar-refractivity contribution in [2.24, 2.45) is 0 Å². The van der Waals surface area contributed by atoms with E-state index in [2.05, 4.69) is 4.74 Å². The second-order valence-electron chi connectivity index (χ2n) is 2.78. The highest BCUT2D eigenvalue weighted by Gasteiger charge is 2.31. The Bertz CT molecular complexity index is 368. The van der Waals surface area contributed by atoms with Crippen LogP contribution in [-0.4, -0.2) is 21.2 Å². The fourth-order valence-corrected chi connectivity index (χ4v) is 1.50. The maximum Gasteiger partial charge on any atom is 0.513 e. The van der Waals surface area contributed by atoms with Crippen LogP contribution in [0.5, 0.6) is 11.5 Å². The first-order valence-electron chi connectivity index (χ1n) is 4.02. The number of ether oxygens (including phenoxy) is 2. The monoisotopic (exact) mass is 239 g/mol. The molecule has 0 radical (unpaired) electrons. The third-order valence-corrected chi connectivity index (χ3v) is 2.23. The summed E-state index contributed by atoms with van der Waals surface area (Å²) in [6.07, 6.45) is 0. The van der Waals surface area contributed by atoms with Crippen molar-refractivity contribution in [3.05, 3.63) is 17.2 Å². The molecular weight excluding hydrogens is 231 g/mol. The minimum atomic E-state index is -5.14. The fourth-order valence-electron chi connectivity index (χ4n) is 1.18. The molecule has 7 heteroatoms. The van der Waals surface area contributed by atoms with Crippen LogP contribution in [0.15, 0.2) is 12.1 Å². The van der Waals surface area contributed by atoms with E-state index in [1.54, 1.807) is 0 Å². The predicted octanol–water partition coefficient (Wildman–Crippen LogP) is 2.41. The predicted molar refractivity (Wildman–Crippen MR) is 53.3 cm³/mol. The summed E-state index contributed by atoms with van der Waals surface area (Å²) in [5, 5.41) is -0.170. The molecular formula is C8H8BClF3O2-. The smallest absolute Gasteiger partial charge is 0.498 e. The first-order chi connectivity index (χ1) is 6.91. The lowest BCUT2D eigenvalue weighted by molar-refractivity contribution is 0.394. The molecule has 1 rings (SSSR count). The summed E-state index contributed by atoms with van der Waals surface area (Å²) >= 11 is 5.68. The minimum absolute atomic E-state index is 0.150. The highest BCUT2D eigenvalue weighted by atomic mass is 35.5. The van der Waals surface area contributed by atoms with Gasteiger partial charge in [0, 0.05) is 0 Å². The van der Waals surface area contributed by atoms with Gasteiger partial charge in [0.1, 0.15) is 16.5 Å². The van der Waals surface area contributed by atoms with Gasteiger partial charge in [0.05, 0.1) is 14.2 Å². The van der Waals surface area contributed by atoms with Crippen molar-refractivity contribution in [3.63, 3.8) is 0 Å². The van der Waals surface area contributed by atoms with Crippen LogP contribution in [0, 0.1) is 0 Å². The lowest BCUT2D eigenvalue weighted by atomic mass is 9.79. The zero-order valence-corrected chi connectivity index (χ0v) is 8.82. The maximum atomic E-state index is 12.5. The van der Waals surface area contributed by atoms with Gasteiger partial charge in [0.25, 0.3) is 0 Å². The third-order valence-electron chi connectivity index (χ3n) is 1.87. The van der Waals surface area contributed by atoms with Crippen molar-refractivity contribution in [3.8, 4) is 11.5 Å². The fraction of sp³-hybridized carbons (Fsp3) is 0.250. The number of hydrogen-bond acceptors (Lipinski definition) is 2. The Morgan fingerprint density at radius 2 is 1.73 bits per heavy atom. The van der Waals surface area contributed by atoms with E-state index in [1.807, 2.05) is 0 Å². The summed E-state index contributed by atoms with van der Waals surface area (Å²) in [6.45, 7) is -5.14. The van der Waals surface area contributed by atoms with Crippen LogP contribution in [0.25, 0.3) is 0 Å². The van der Waals surface area contributed by atoms with Gasteiger partial charge in [-0.3, -0.25) is 0 Å². The molecule has 0 spiro atoms. The lowest BCUT2D eigenvalue weighted by Crippen LogP contribution is -2.35. The molecule has 0 N–H and O–H groups in total. The summed E-state index contributed by atoms with van der Waals surface area (Å²) in [6, 6.07) is 2.05. The topological polar surface area (TPSA) is 18.5 Å². The summed E-state index contributed by atoms with van der Waals surface area (Å²) in [5.41, 5.74) is -0.858. The molecule has 0 saturated heterocycles. The number of halogens is 4. The van der Waals surface area contributed by atoms with Crippen LogP contribution in [-0.2, 0) is 0 Å². The van der Waals surface area contributed by atoms with E-state index in [0.29, 0.717) is 0 Å². The molecule has 0 aromatic heterocycles. The Kier molecular flexibility index (Phi) is 3.39. The van der Waals surface area contributed by atoms with Crippen molar-refractivity contribution < 1.29 is 22.4 Å². The number of hydrogen-bond donors (Lipinski definition) is 0. The first-order valence-corrected chi connectivity index (χ1v) is 4.40. The van der Waals surface area contributed by atoms with Crippen LogP contribution in [0.4, 0.5) is 12.9 Å². The molecule has 0 saturated carbocycles. The van der Waals surface area contributed by atoms with Gasteiger partial charge in [-0.1, -0.05) is 23.1 Å². The third kappa shape index (κ3) is 2.31. The van der Waals surface area contributed by atoms with Crippen molar-refractivity contribution in [1.29, 1.82) is 0 Å². The van der Waals surface area contributed by atoms with Gasteiger partial charge < -0.3 is 22.4 Å². The molecule has 0 fully saturated rings. The van der Waals surface area contributed by atoms with Gasteiger partial charge in [0.2, 0.25) is 0 Å². The molecule has 0 amide bonds. The zero-order valence-electron chi connectivity index (χ0n) is 8.06. The Balaban J connectivity index is 3.38. The lowest BCUT2D eigenvalue weighted by Gasteiger charge is -2.20. The van der Waals surface area contributed by atoms with E-state index in [4.69, 9.17) is 16.3 Å². The first kappa shape index (κ1) is 12.0. The second kappa shape index (κ2) is 4.22. The number of rotatable bonds is 3. The van der Waals surface area contributed by atoms with Crippen molar-refractivity contribution >= 4 is 24.0 Å². The van der Waals surface area contributed by atoms with Crippen molar-refractivity contribution in [2.75, 3.05) is 14.2 Å². The Labute approximate surface area is 90.0 Å². The molecule has 15 heavy (non-hydrogen) atoms. The maximum absolute atomic E-state index is 12.5. The summed E-state index contributed by atoms with van der Waals surface area (Å²) in [5.74, 6) is -0.249. The van der Waals surface area contributed by atoms with E-state index in [1.165, 1.54) is 7.11 Å². The van der Waals surface area contributed by atoms with Gasteiger partial charge >= 0.3 is 6.98 Å². The summed E-state index contributed by atoms with van der Waals surface area (Å²) < 4.78 is 47.0. The molecule has 1 aromatic carbocycles. The SMILES string of the molecule is COc1ccc([B-](F)(F)F)c(OC)c1Cl. The quantitative estimate of drug-likeness (QED) is 0.754. The summed E-state index contributed by atoms with van der Waals surface area (Å²) in [4.78, 5) is 0. The van der Waals surface area contributed by atoms with Crippen LogP contribution >= 0.6 is 11.6 Å². The average molecular weight is 239 g/mol. The van der Waals surface area contributed by atoms with Crippen molar-refractivity contribution in [2.45, 2.75) is 0 Å². The molecule has 0 unspecified atom stereocenters. The highest BCUT2D eigenvalue weighted by molar-refractivity contribution is 6.74. The minimum Gasteiger partial charge on any atom is -0.498 e. The van der Waals surface area contributed by atoms with Gasteiger partial charge in [-0.05, 0) is 6.07 Å². The second-order valence-corrected chi connectivity index (χ2v) is 3.16. The van der Waals surface area contributed by atoms with Gasteiger partial charge in [-0.2, -0.15) is 0 Å². The average Bonchev–Trinajstić information content (AvgIpc) is 2.15. The van der Waals surface area contributed by atoms with Gasteiger partial charge in [0.15, 0.2) is 0 Å². The van der Waals surface area contributed by atoms with Crippen LogP contribution in [0.1, 0.15) is 0 Å². The molecule has 0 atom stereocenters. The largest absolute Gasteiger partial charge is 0.513 e. The van der Waals surface area contributed by atoms with Crippen molar-refractivity contribution in [1.82, 2.24) is 0 Å². The molecule has 0 heterocycles. The van der Waals surface area contributed by atoms with E-state index in [0.717, 1.165) is 19.2 Å². The zero-order chi connectivity index (χ0) is 11.6. The Morgan fingerprint density at radius 1 is 1.13 bits per heavy atom. The van der Waals surface area contributed by atoms with Crippen LogP contribution < -0.4 is 14.9 Å². The van der Waals surface area contributed by atoms with Gasteiger partial charge in [-0.15, -0.1) is 0 Å². The summed E-state index contributed by atoms with van der Waals surface area (Å²) in [7, 11) is 2.45. The number of benzene rings is 1. The Hall–Kier alpha value is -1.04. The van der Waals surface area contributed by atoms with E-state index in [9.17, 15) is 12.9 Å². The van der Waals surface area contributed by atoms with Gasteiger partial charge in [-0.25, -0.2) is 0 Å². The normalized spacial score (nSPS) is 11.3. The molecule has 0 aliphatic carbocycles. The van der Waals surface area contributed by atoms with E-state index < -0.39 is 18.2 Å². The van der Waals surface area contributed by atoms with Crippen LogP contribution in [0.3, 0.4) is 0 Å². The highest BCUT2D eigenvalue weighted by Crippen LogP contribution is 2.34. The molecule has 1 aromatic rings. The molecule has 84 valence electrons. The molecule has 2 nitrogen and oxygen atoms in total. The molecule has 0 aliphatic rings. The standard InChI is InChI=1S/C8H8BClF3O2/c1-14-6-4-3-5(9(11,12)13)8(15-2)7(6)10/h3-4H,1-2H3/q-1. The molecule has 0 aliphatic heterocycles.